The van der Waals surface area contributed by atoms with Gasteiger partial charge in [0.1, 0.15) is 5.76 Å². The van der Waals surface area contributed by atoms with Crippen molar-refractivity contribution in [1.29, 1.82) is 0 Å². The van der Waals surface area contributed by atoms with E-state index in [1.165, 1.54) is 0 Å². The predicted octanol–water partition coefficient (Wildman–Crippen LogP) is 3.41. The van der Waals surface area contributed by atoms with Gasteiger partial charge in [0.15, 0.2) is 5.15 Å². The van der Waals surface area contributed by atoms with Crippen LogP contribution in [0.15, 0.2) is 35.1 Å². The summed E-state index contributed by atoms with van der Waals surface area (Å²) in [5.74, 6) is 0.786. The predicted molar refractivity (Wildman–Crippen MR) is 82.4 cm³/mol. The Hall–Kier alpha value is -1.88. The molecule has 1 unspecified atom stereocenters. The molecule has 0 saturated carbocycles. The minimum absolute atomic E-state index is 0.133. The summed E-state index contributed by atoms with van der Waals surface area (Å²) < 4.78 is 5.05. The van der Waals surface area contributed by atoms with Crippen LogP contribution in [0.2, 0.25) is 5.15 Å². The van der Waals surface area contributed by atoms with Gasteiger partial charge in [-0.05, 0) is 30.9 Å². The van der Waals surface area contributed by atoms with E-state index in [0.717, 1.165) is 31.4 Å². The molecule has 6 heteroatoms. The van der Waals surface area contributed by atoms with E-state index in [0.29, 0.717) is 23.8 Å². The lowest BCUT2D eigenvalue weighted by Crippen LogP contribution is -2.38. The first kappa shape index (κ1) is 15.0. The molecule has 1 saturated heterocycles. The molecule has 2 aromatic heterocycles. The van der Waals surface area contributed by atoms with Gasteiger partial charge >= 0.3 is 0 Å². The quantitative estimate of drug-likeness (QED) is 0.866. The summed E-state index contributed by atoms with van der Waals surface area (Å²) in [4.78, 5) is 18.7. The van der Waals surface area contributed by atoms with Crippen LogP contribution in [-0.2, 0) is 11.2 Å². The number of hydrogen-bond acceptors (Lipinski definition) is 4. The fourth-order valence-electron chi connectivity index (χ4n) is 2.93. The third-order valence-electron chi connectivity index (χ3n) is 4.01. The first-order valence-electron chi connectivity index (χ1n) is 7.54. The molecule has 0 aliphatic carbocycles. The standard InChI is InChI=1S/C16H18ClN3O2/c17-15-10-13(22-19-15)6-7-16(21)20-9-2-1-5-14(20)12-4-3-8-18-11-12/h3-4,8,10-11,14H,1-2,5-7,9H2. The third kappa shape index (κ3) is 3.47. The van der Waals surface area contributed by atoms with Crippen molar-refractivity contribution >= 4 is 17.5 Å². The number of halogens is 1. The number of hydrogen-bond donors (Lipinski definition) is 0. The highest BCUT2D eigenvalue weighted by Gasteiger charge is 2.27. The van der Waals surface area contributed by atoms with Crippen molar-refractivity contribution in [3.05, 3.63) is 47.1 Å². The molecule has 0 spiro atoms. The zero-order chi connectivity index (χ0) is 15.4. The molecule has 22 heavy (non-hydrogen) atoms. The second kappa shape index (κ2) is 6.92. The number of pyridine rings is 1. The molecule has 1 atom stereocenters. The maximum Gasteiger partial charge on any atom is 0.223 e. The maximum absolute atomic E-state index is 12.6. The zero-order valence-corrected chi connectivity index (χ0v) is 13.0. The van der Waals surface area contributed by atoms with Gasteiger partial charge in [-0.15, -0.1) is 0 Å². The van der Waals surface area contributed by atoms with E-state index < -0.39 is 0 Å². The van der Waals surface area contributed by atoms with Gasteiger partial charge in [-0.25, -0.2) is 0 Å². The topological polar surface area (TPSA) is 59.2 Å². The van der Waals surface area contributed by atoms with E-state index >= 15 is 0 Å². The summed E-state index contributed by atoms with van der Waals surface area (Å²) in [5.41, 5.74) is 1.11. The molecule has 1 amide bonds. The second-order valence-corrected chi connectivity index (χ2v) is 5.89. The van der Waals surface area contributed by atoms with Crippen molar-refractivity contribution in [2.45, 2.75) is 38.1 Å². The number of piperidine rings is 1. The molecule has 0 N–H and O–H groups in total. The first-order chi connectivity index (χ1) is 10.7. The summed E-state index contributed by atoms with van der Waals surface area (Å²) in [6.07, 6.45) is 7.72. The largest absolute Gasteiger partial charge is 0.360 e. The highest BCUT2D eigenvalue weighted by Crippen LogP contribution is 2.31. The lowest BCUT2D eigenvalue weighted by Gasteiger charge is -2.36. The summed E-state index contributed by atoms with van der Waals surface area (Å²) >= 11 is 5.72. The van der Waals surface area contributed by atoms with Crippen LogP contribution < -0.4 is 0 Å². The van der Waals surface area contributed by atoms with Gasteiger partial charge in [-0.1, -0.05) is 22.8 Å². The van der Waals surface area contributed by atoms with Crippen molar-refractivity contribution in [2.75, 3.05) is 6.54 Å². The summed E-state index contributed by atoms with van der Waals surface area (Å²) in [5, 5.41) is 3.95. The van der Waals surface area contributed by atoms with E-state index in [2.05, 4.69) is 10.1 Å². The molecule has 116 valence electrons. The molecule has 1 aliphatic heterocycles. The molecule has 3 heterocycles. The molecule has 1 aliphatic rings. The Bertz CT molecular complexity index is 629. The number of amides is 1. The number of aromatic nitrogens is 2. The highest BCUT2D eigenvalue weighted by molar-refractivity contribution is 6.29. The maximum atomic E-state index is 12.6. The van der Waals surface area contributed by atoms with Gasteiger partial charge in [-0.3, -0.25) is 9.78 Å². The Kier molecular flexibility index (Phi) is 4.73. The molecular formula is C16H18ClN3O2. The molecule has 0 radical (unpaired) electrons. The van der Waals surface area contributed by atoms with Crippen molar-refractivity contribution in [2.24, 2.45) is 0 Å². The number of carbonyl (C=O) groups excluding carboxylic acids is 1. The van der Waals surface area contributed by atoms with Gasteiger partial charge in [0.2, 0.25) is 5.91 Å². The lowest BCUT2D eigenvalue weighted by atomic mass is 9.96. The Balaban J connectivity index is 1.66. The Morgan fingerprint density at radius 3 is 3.09 bits per heavy atom. The van der Waals surface area contributed by atoms with Crippen LogP contribution >= 0.6 is 11.6 Å². The number of rotatable bonds is 4. The van der Waals surface area contributed by atoms with Crippen LogP contribution in [-0.4, -0.2) is 27.5 Å². The van der Waals surface area contributed by atoms with Crippen molar-refractivity contribution in [1.82, 2.24) is 15.0 Å². The zero-order valence-electron chi connectivity index (χ0n) is 12.2. The van der Waals surface area contributed by atoms with Crippen molar-refractivity contribution in [3.8, 4) is 0 Å². The fraction of sp³-hybridized carbons (Fsp3) is 0.438. The molecule has 5 nitrogen and oxygen atoms in total. The summed E-state index contributed by atoms with van der Waals surface area (Å²) in [6, 6.07) is 5.75. The Morgan fingerprint density at radius 1 is 1.45 bits per heavy atom. The summed E-state index contributed by atoms with van der Waals surface area (Å²) in [7, 11) is 0. The molecule has 0 bridgehead atoms. The molecule has 2 aromatic rings. The third-order valence-corrected chi connectivity index (χ3v) is 4.19. The van der Waals surface area contributed by atoms with Gasteiger partial charge in [0.05, 0.1) is 6.04 Å². The second-order valence-electron chi connectivity index (χ2n) is 5.50. The van der Waals surface area contributed by atoms with Crippen LogP contribution in [0.25, 0.3) is 0 Å². The number of nitrogens with zero attached hydrogens (tertiary/aromatic N) is 3. The van der Waals surface area contributed by atoms with E-state index in [9.17, 15) is 4.79 Å². The minimum Gasteiger partial charge on any atom is -0.360 e. The Labute approximate surface area is 134 Å². The van der Waals surface area contributed by atoms with Gasteiger partial charge < -0.3 is 9.42 Å². The monoisotopic (exact) mass is 319 g/mol. The highest BCUT2D eigenvalue weighted by atomic mass is 35.5. The molecule has 1 fully saturated rings. The average molecular weight is 320 g/mol. The normalized spacial score (nSPS) is 18.4. The lowest BCUT2D eigenvalue weighted by molar-refractivity contribution is -0.135. The van der Waals surface area contributed by atoms with Crippen LogP contribution in [0, 0.1) is 0 Å². The smallest absolute Gasteiger partial charge is 0.223 e. The van der Waals surface area contributed by atoms with Crippen LogP contribution in [0.3, 0.4) is 0 Å². The van der Waals surface area contributed by atoms with E-state index in [-0.39, 0.29) is 11.9 Å². The number of aryl methyl sites for hydroxylation is 1. The molecule has 3 rings (SSSR count). The Morgan fingerprint density at radius 2 is 2.36 bits per heavy atom. The van der Waals surface area contributed by atoms with Crippen LogP contribution in [0.1, 0.15) is 43.0 Å². The van der Waals surface area contributed by atoms with Crippen molar-refractivity contribution < 1.29 is 9.32 Å². The van der Waals surface area contributed by atoms with Gasteiger partial charge in [0, 0.05) is 37.8 Å². The first-order valence-corrected chi connectivity index (χ1v) is 7.92. The van der Waals surface area contributed by atoms with Crippen molar-refractivity contribution in [3.63, 3.8) is 0 Å². The average Bonchev–Trinajstić information content (AvgIpc) is 2.99. The molecular weight excluding hydrogens is 302 g/mol. The van der Waals surface area contributed by atoms with Crippen LogP contribution in [0.4, 0.5) is 0 Å². The van der Waals surface area contributed by atoms with Gasteiger partial charge in [0.25, 0.3) is 0 Å². The number of carbonyl (C=O) groups is 1. The molecule has 0 aromatic carbocycles. The minimum atomic E-state index is 0.133. The van der Waals surface area contributed by atoms with E-state index in [4.69, 9.17) is 16.1 Å². The number of likely N-dealkylation sites (tertiary alicyclic amines) is 1. The summed E-state index contributed by atoms with van der Waals surface area (Å²) in [6.45, 7) is 0.801. The van der Waals surface area contributed by atoms with Crippen LogP contribution in [0.5, 0.6) is 0 Å². The fourth-order valence-corrected chi connectivity index (χ4v) is 3.09. The SMILES string of the molecule is O=C(CCc1cc(Cl)no1)N1CCCCC1c1cccnc1. The van der Waals surface area contributed by atoms with Gasteiger partial charge in [-0.2, -0.15) is 0 Å². The van der Waals surface area contributed by atoms with E-state index in [1.54, 1.807) is 12.3 Å². The van der Waals surface area contributed by atoms with E-state index in [1.807, 2.05) is 23.2 Å².